The third kappa shape index (κ3) is 4.00. The van der Waals surface area contributed by atoms with Crippen LogP contribution < -0.4 is 0 Å². The molecule has 1 N–H and O–H groups in total. The fourth-order valence-corrected chi connectivity index (χ4v) is 5.69. The number of rotatable bonds is 7. The summed E-state index contributed by atoms with van der Waals surface area (Å²) in [6.45, 7) is 16.7. The Labute approximate surface area is 159 Å². The maximum absolute atomic E-state index is 13.5. The van der Waals surface area contributed by atoms with Gasteiger partial charge in [0.15, 0.2) is 0 Å². The quantitative estimate of drug-likeness (QED) is 0.710. The molecule has 5 heteroatoms. The minimum Gasteiger partial charge on any atom is -0.391 e. The lowest BCUT2D eigenvalue weighted by atomic mass is 9.89. The van der Waals surface area contributed by atoms with Crippen LogP contribution in [-0.4, -0.2) is 36.5 Å². The second-order valence-electron chi connectivity index (χ2n) is 8.87. The van der Waals surface area contributed by atoms with Crippen molar-refractivity contribution in [3.8, 4) is 0 Å². The van der Waals surface area contributed by atoms with Gasteiger partial charge in [-0.15, -0.1) is 0 Å². The summed E-state index contributed by atoms with van der Waals surface area (Å²) in [6.07, 6.45) is -0.621. The Morgan fingerprint density at radius 3 is 1.73 bits per heavy atom. The highest BCUT2D eigenvalue weighted by molar-refractivity contribution is 7.89. The van der Waals surface area contributed by atoms with E-state index in [1.54, 1.807) is 0 Å². The Hall–Kier alpha value is -0.910. The summed E-state index contributed by atoms with van der Waals surface area (Å²) in [5.74, 6) is 0.616. The van der Waals surface area contributed by atoms with Gasteiger partial charge < -0.3 is 5.11 Å². The van der Waals surface area contributed by atoms with E-state index in [-0.39, 0.29) is 23.8 Å². The molecule has 0 spiro atoms. The van der Waals surface area contributed by atoms with Crippen molar-refractivity contribution in [1.82, 2.24) is 4.31 Å². The van der Waals surface area contributed by atoms with Gasteiger partial charge >= 0.3 is 0 Å². The van der Waals surface area contributed by atoms with Gasteiger partial charge in [0.05, 0.1) is 17.0 Å². The van der Waals surface area contributed by atoms with Crippen LogP contribution in [0.25, 0.3) is 0 Å². The van der Waals surface area contributed by atoms with Crippen LogP contribution in [-0.2, 0) is 10.0 Å². The summed E-state index contributed by atoms with van der Waals surface area (Å²) < 4.78 is 28.4. The molecule has 0 saturated carbocycles. The zero-order valence-electron chi connectivity index (χ0n) is 17.4. The van der Waals surface area contributed by atoms with Crippen LogP contribution in [0.4, 0.5) is 0 Å². The molecule has 3 atom stereocenters. The van der Waals surface area contributed by atoms with Gasteiger partial charge in [0.25, 0.3) is 0 Å². The van der Waals surface area contributed by atoms with Crippen molar-refractivity contribution in [2.45, 2.75) is 90.2 Å². The lowest BCUT2D eigenvalue weighted by Gasteiger charge is -2.23. The number of aliphatic hydroxyl groups excluding tert-OH is 1. The largest absolute Gasteiger partial charge is 0.391 e. The molecule has 2 rings (SSSR count). The van der Waals surface area contributed by atoms with Crippen LogP contribution in [0.15, 0.2) is 17.0 Å². The molecule has 1 unspecified atom stereocenters. The van der Waals surface area contributed by atoms with E-state index >= 15 is 0 Å². The molecule has 0 aliphatic carbocycles. The Morgan fingerprint density at radius 1 is 0.923 bits per heavy atom. The predicted molar refractivity (Wildman–Crippen MR) is 107 cm³/mol. The summed E-state index contributed by atoms with van der Waals surface area (Å²) in [6, 6.07) is 3.82. The van der Waals surface area contributed by atoms with Gasteiger partial charge in [-0.1, -0.05) is 67.5 Å². The molecule has 0 bridgehead atoms. The topological polar surface area (TPSA) is 57.4 Å². The normalized spacial score (nSPS) is 21.9. The first-order valence-electron chi connectivity index (χ1n) is 9.77. The Bertz CT molecular complexity index is 722. The van der Waals surface area contributed by atoms with E-state index in [1.165, 1.54) is 9.87 Å². The zero-order chi connectivity index (χ0) is 20.0. The van der Waals surface area contributed by atoms with Crippen molar-refractivity contribution in [2.24, 2.45) is 5.92 Å². The second kappa shape index (κ2) is 7.61. The standard InChI is InChI=1S/C21H35NO3S/c1-12(2)16-9-17(13(3)4)21(18(10-16)14(5)6)26(24,25)22-11-19(22)20(23)15(7)8/h9-10,12-15,19-20,23H,11H2,1-8H3/t19-,20-,22?/m0/s1. The van der Waals surface area contributed by atoms with Crippen LogP contribution in [0.1, 0.15) is 89.8 Å². The van der Waals surface area contributed by atoms with Crippen molar-refractivity contribution in [1.29, 1.82) is 0 Å². The maximum atomic E-state index is 13.5. The van der Waals surface area contributed by atoms with Crippen LogP contribution in [0, 0.1) is 5.92 Å². The van der Waals surface area contributed by atoms with E-state index in [9.17, 15) is 13.5 Å². The molecular weight excluding hydrogens is 346 g/mol. The molecule has 0 amide bonds. The number of nitrogens with zero attached hydrogens (tertiary/aromatic N) is 1. The van der Waals surface area contributed by atoms with Gasteiger partial charge in [-0.25, -0.2) is 8.42 Å². The third-order valence-electron chi connectivity index (χ3n) is 5.33. The van der Waals surface area contributed by atoms with E-state index in [0.29, 0.717) is 17.4 Å². The summed E-state index contributed by atoms with van der Waals surface area (Å²) >= 11 is 0. The number of hydrogen-bond acceptors (Lipinski definition) is 3. The molecule has 1 heterocycles. The molecular formula is C21H35NO3S. The lowest BCUT2D eigenvalue weighted by molar-refractivity contribution is 0.117. The van der Waals surface area contributed by atoms with E-state index in [1.807, 2.05) is 41.5 Å². The molecule has 0 radical (unpaired) electrons. The van der Waals surface area contributed by atoms with Gasteiger partial charge in [0, 0.05) is 6.54 Å². The van der Waals surface area contributed by atoms with Crippen molar-refractivity contribution >= 4 is 10.0 Å². The van der Waals surface area contributed by atoms with E-state index in [0.717, 1.165) is 11.1 Å². The smallest absolute Gasteiger partial charge is 0.244 e. The van der Waals surface area contributed by atoms with E-state index in [2.05, 4.69) is 26.0 Å². The van der Waals surface area contributed by atoms with Crippen molar-refractivity contribution in [3.63, 3.8) is 0 Å². The van der Waals surface area contributed by atoms with E-state index < -0.39 is 16.1 Å². The first-order valence-corrected chi connectivity index (χ1v) is 11.2. The molecule has 1 aromatic carbocycles. The molecule has 1 aliphatic rings. The summed E-state index contributed by atoms with van der Waals surface area (Å²) in [5.41, 5.74) is 2.97. The molecule has 0 aromatic heterocycles. The summed E-state index contributed by atoms with van der Waals surface area (Å²) in [4.78, 5) is 0.463. The minimum atomic E-state index is -3.61. The monoisotopic (exact) mass is 381 g/mol. The number of aliphatic hydroxyl groups is 1. The molecule has 1 saturated heterocycles. The van der Waals surface area contributed by atoms with Crippen LogP contribution in [0.3, 0.4) is 0 Å². The average Bonchev–Trinajstić information content (AvgIpc) is 3.33. The van der Waals surface area contributed by atoms with Crippen LogP contribution in [0.5, 0.6) is 0 Å². The molecule has 148 valence electrons. The zero-order valence-corrected chi connectivity index (χ0v) is 18.3. The molecule has 4 nitrogen and oxygen atoms in total. The first-order chi connectivity index (χ1) is 11.9. The van der Waals surface area contributed by atoms with Gasteiger partial charge in [-0.3, -0.25) is 0 Å². The molecule has 1 fully saturated rings. The van der Waals surface area contributed by atoms with Gasteiger partial charge in [0.2, 0.25) is 10.0 Å². The van der Waals surface area contributed by atoms with Gasteiger partial charge in [0.1, 0.15) is 0 Å². The fraction of sp³-hybridized carbons (Fsp3) is 0.714. The van der Waals surface area contributed by atoms with E-state index in [4.69, 9.17) is 0 Å². The van der Waals surface area contributed by atoms with Crippen molar-refractivity contribution in [3.05, 3.63) is 28.8 Å². The highest BCUT2D eigenvalue weighted by Crippen LogP contribution is 2.40. The average molecular weight is 382 g/mol. The third-order valence-corrected chi connectivity index (χ3v) is 7.35. The van der Waals surface area contributed by atoms with Crippen LogP contribution in [0.2, 0.25) is 0 Å². The molecule has 1 aliphatic heterocycles. The number of sulfonamides is 1. The predicted octanol–water partition coefficient (Wildman–Crippen LogP) is 4.45. The maximum Gasteiger partial charge on any atom is 0.244 e. The molecule has 26 heavy (non-hydrogen) atoms. The van der Waals surface area contributed by atoms with Crippen molar-refractivity contribution in [2.75, 3.05) is 6.54 Å². The minimum absolute atomic E-state index is 0.0395. The van der Waals surface area contributed by atoms with Crippen molar-refractivity contribution < 1.29 is 13.5 Å². The Kier molecular flexibility index (Phi) is 6.26. The molecule has 1 aromatic rings. The lowest BCUT2D eigenvalue weighted by Crippen LogP contribution is -2.28. The van der Waals surface area contributed by atoms with Gasteiger partial charge in [-0.05, 0) is 40.4 Å². The van der Waals surface area contributed by atoms with Gasteiger partial charge in [-0.2, -0.15) is 4.31 Å². The summed E-state index contributed by atoms with van der Waals surface area (Å²) in [5, 5.41) is 10.3. The number of hydrogen-bond donors (Lipinski definition) is 1. The highest BCUT2D eigenvalue weighted by atomic mass is 32.2. The Balaban J connectivity index is 2.61. The van der Waals surface area contributed by atoms with Crippen LogP contribution >= 0.6 is 0 Å². The second-order valence-corrected chi connectivity index (χ2v) is 10.7. The summed E-state index contributed by atoms with van der Waals surface area (Å²) in [7, 11) is -3.61. The first kappa shape index (κ1) is 21.4. The highest BCUT2D eigenvalue weighted by Gasteiger charge is 2.50. The SMILES string of the molecule is CC(C)c1cc(C(C)C)c(S(=O)(=O)N2C[C@H]2[C@@H](O)C(C)C)c(C(C)C)c1. The number of benzene rings is 1. The Morgan fingerprint density at radius 2 is 1.38 bits per heavy atom. The fourth-order valence-electron chi connectivity index (χ4n) is 3.44.